The topological polar surface area (TPSA) is 34.1 Å². The lowest BCUT2D eigenvalue weighted by Gasteiger charge is -2.14. The normalized spacial score (nSPS) is 14.7. The number of carbonyl (C=O) groups is 2. The van der Waals surface area contributed by atoms with Crippen molar-refractivity contribution in [3.63, 3.8) is 0 Å². The Morgan fingerprint density at radius 3 is 1.32 bits per heavy atom. The van der Waals surface area contributed by atoms with Crippen LogP contribution < -0.4 is 0 Å². The molecule has 0 amide bonds. The van der Waals surface area contributed by atoms with E-state index in [1.807, 2.05) is 13.8 Å². The van der Waals surface area contributed by atoms with Gasteiger partial charge in [-0.25, -0.2) is 0 Å². The molecule has 0 aromatic carbocycles. The van der Waals surface area contributed by atoms with Gasteiger partial charge in [0.2, 0.25) is 0 Å². The lowest BCUT2D eigenvalue weighted by molar-refractivity contribution is -0.123. The van der Waals surface area contributed by atoms with E-state index in [2.05, 4.69) is 27.7 Å². The van der Waals surface area contributed by atoms with Crippen molar-refractivity contribution >= 4 is 23.3 Å². The average Bonchev–Trinajstić information content (AvgIpc) is 2.26. The van der Waals surface area contributed by atoms with E-state index in [0.29, 0.717) is 36.2 Å². The summed E-state index contributed by atoms with van der Waals surface area (Å²) in [4.78, 5) is 23.7. The molecule has 2 nitrogen and oxygen atoms in total. The molecule has 0 spiro atoms. The van der Waals surface area contributed by atoms with Gasteiger partial charge in [-0.1, -0.05) is 41.5 Å². The third-order valence-corrected chi connectivity index (χ3v) is 4.53. The fourth-order valence-electron chi connectivity index (χ4n) is 1.81. The third kappa shape index (κ3) is 9.26. The number of Topliss-reactive ketones (excluding diaryl/α,β-unsaturated/α-hetero) is 2. The Morgan fingerprint density at radius 1 is 0.737 bits per heavy atom. The second-order valence-corrected chi connectivity index (χ2v) is 7.54. The first-order chi connectivity index (χ1) is 8.73. The number of thioether (sulfide) groups is 1. The van der Waals surface area contributed by atoms with Gasteiger partial charge in [-0.2, -0.15) is 11.8 Å². The van der Waals surface area contributed by atoms with Crippen molar-refractivity contribution in [2.75, 3.05) is 11.5 Å². The van der Waals surface area contributed by atoms with E-state index in [0.717, 1.165) is 11.5 Å². The van der Waals surface area contributed by atoms with Gasteiger partial charge in [-0.05, 0) is 11.8 Å². The molecule has 0 aliphatic carbocycles. The van der Waals surface area contributed by atoms with Crippen LogP contribution in [0.25, 0.3) is 0 Å². The van der Waals surface area contributed by atoms with Crippen LogP contribution >= 0.6 is 11.8 Å². The van der Waals surface area contributed by atoms with E-state index in [-0.39, 0.29) is 11.8 Å². The van der Waals surface area contributed by atoms with Gasteiger partial charge < -0.3 is 0 Å². The van der Waals surface area contributed by atoms with Gasteiger partial charge in [-0.15, -0.1) is 0 Å². The summed E-state index contributed by atoms with van der Waals surface area (Å²) >= 11 is 1.74. The molecule has 0 aliphatic rings. The summed E-state index contributed by atoms with van der Waals surface area (Å²) in [5.41, 5.74) is 0. The second kappa shape index (κ2) is 9.57. The Hall–Kier alpha value is -0.310. The number of ketones is 2. The van der Waals surface area contributed by atoms with Gasteiger partial charge in [0.05, 0.1) is 0 Å². The zero-order valence-electron chi connectivity index (χ0n) is 13.4. The molecule has 0 bridgehead atoms. The summed E-state index contributed by atoms with van der Waals surface area (Å²) in [6.45, 7) is 12.3. The molecule has 0 rings (SSSR count). The summed E-state index contributed by atoms with van der Waals surface area (Å²) in [5.74, 6) is 3.47. The third-order valence-electron chi connectivity index (χ3n) is 3.05. The van der Waals surface area contributed by atoms with Crippen molar-refractivity contribution in [2.45, 2.75) is 54.4 Å². The van der Waals surface area contributed by atoms with Crippen molar-refractivity contribution in [1.82, 2.24) is 0 Å². The van der Waals surface area contributed by atoms with Gasteiger partial charge >= 0.3 is 0 Å². The van der Waals surface area contributed by atoms with Gasteiger partial charge in [0.15, 0.2) is 0 Å². The van der Waals surface area contributed by atoms with Crippen LogP contribution in [0.3, 0.4) is 0 Å². The first kappa shape index (κ1) is 18.7. The summed E-state index contributed by atoms with van der Waals surface area (Å²) in [5, 5.41) is 0. The lowest BCUT2D eigenvalue weighted by atomic mass is 9.99. The number of carbonyl (C=O) groups excluding carboxylic acids is 2. The lowest BCUT2D eigenvalue weighted by Crippen LogP contribution is -2.18. The van der Waals surface area contributed by atoms with Crippen molar-refractivity contribution in [3.8, 4) is 0 Å². The Balaban J connectivity index is 3.89. The molecule has 0 aromatic rings. The molecular formula is C16H30O2S. The van der Waals surface area contributed by atoms with E-state index < -0.39 is 0 Å². The molecule has 0 aliphatic heterocycles. The first-order valence-electron chi connectivity index (χ1n) is 7.37. The maximum atomic E-state index is 11.8. The Morgan fingerprint density at radius 2 is 1.05 bits per heavy atom. The Labute approximate surface area is 123 Å². The van der Waals surface area contributed by atoms with Crippen LogP contribution in [0.4, 0.5) is 0 Å². The van der Waals surface area contributed by atoms with Gasteiger partial charge in [-0.3, -0.25) is 9.59 Å². The van der Waals surface area contributed by atoms with Gasteiger partial charge in [0.1, 0.15) is 11.6 Å². The highest BCUT2D eigenvalue weighted by Gasteiger charge is 2.17. The van der Waals surface area contributed by atoms with E-state index in [9.17, 15) is 9.59 Å². The van der Waals surface area contributed by atoms with Crippen LogP contribution in [0.15, 0.2) is 0 Å². The molecular weight excluding hydrogens is 256 g/mol. The van der Waals surface area contributed by atoms with Gasteiger partial charge in [0, 0.05) is 36.2 Å². The largest absolute Gasteiger partial charge is 0.299 e. The highest BCUT2D eigenvalue weighted by Crippen LogP contribution is 2.18. The van der Waals surface area contributed by atoms with Crippen LogP contribution in [0.2, 0.25) is 0 Å². The summed E-state index contributed by atoms with van der Waals surface area (Å²) in [7, 11) is 0. The molecule has 2 atom stereocenters. The van der Waals surface area contributed by atoms with E-state index in [1.54, 1.807) is 11.8 Å². The second-order valence-electron chi connectivity index (χ2n) is 6.47. The minimum atomic E-state index is 0.111. The highest BCUT2D eigenvalue weighted by atomic mass is 32.2. The number of hydrogen-bond acceptors (Lipinski definition) is 3. The molecule has 0 fully saturated rings. The van der Waals surface area contributed by atoms with Crippen molar-refractivity contribution in [2.24, 2.45) is 23.7 Å². The molecule has 0 heterocycles. The fourth-order valence-corrected chi connectivity index (χ4v) is 3.03. The Kier molecular flexibility index (Phi) is 9.42. The van der Waals surface area contributed by atoms with E-state index in [4.69, 9.17) is 0 Å². The van der Waals surface area contributed by atoms with Crippen molar-refractivity contribution in [1.29, 1.82) is 0 Å². The maximum Gasteiger partial charge on any atom is 0.136 e. The SMILES string of the molecule is CC(C)CC(=O)C(C)CSCC(C)C(=O)CC(C)C. The number of rotatable bonds is 10. The molecule has 0 radical (unpaired) electrons. The molecule has 0 saturated heterocycles. The summed E-state index contributed by atoms with van der Waals surface area (Å²) < 4.78 is 0. The predicted octanol–water partition coefficient (Wildman–Crippen LogP) is 4.22. The zero-order valence-corrected chi connectivity index (χ0v) is 14.2. The standard InChI is InChI=1S/C16H30O2S/c1-11(2)7-15(17)13(5)9-19-10-14(6)16(18)8-12(3)4/h11-14H,7-10H2,1-6H3. The minimum absolute atomic E-state index is 0.111. The van der Waals surface area contributed by atoms with Crippen LogP contribution in [-0.4, -0.2) is 23.1 Å². The average molecular weight is 286 g/mol. The first-order valence-corrected chi connectivity index (χ1v) is 8.52. The smallest absolute Gasteiger partial charge is 0.136 e. The van der Waals surface area contributed by atoms with Gasteiger partial charge in [0.25, 0.3) is 0 Å². The van der Waals surface area contributed by atoms with Crippen molar-refractivity contribution < 1.29 is 9.59 Å². The molecule has 0 saturated carbocycles. The monoisotopic (exact) mass is 286 g/mol. The molecule has 112 valence electrons. The number of hydrogen-bond donors (Lipinski definition) is 0. The fraction of sp³-hybridized carbons (Fsp3) is 0.875. The molecule has 19 heavy (non-hydrogen) atoms. The molecule has 0 aromatic heterocycles. The molecule has 3 heteroatoms. The molecule has 2 unspecified atom stereocenters. The zero-order chi connectivity index (χ0) is 15.0. The van der Waals surface area contributed by atoms with Crippen LogP contribution in [-0.2, 0) is 9.59 Å². The van der Waals surface area contributed by atoms with Crippen molar-refractivity contribution in [3.05, 3.63) is 0 Å². The van der Waals surface area contributed by atoms with Crippen LogP contribution in [0.5, 0.6) is 0 Å². The van der Waals surface area contributed by atoms with E-state index in [1.165, 1.54) is 0 Å². The highest BCUT2D eigenvalue weighted by molar-refractivity contribution is 7.99. The van der Waals surface area contributed by atoms with Crippen LogP contribution in [0, 0.1) is 23.7 Å². The minimum Gasteiger partial charge on any atom is -0.299 e. The van der Waals surface area contributed by atoms with Crippen LogP contribution in [0.1, 0.15) is 54.4 Å². The maximum absolute atomic E-state index is 11.8. The summed E-state index contributed by atoms with van der Waals surface area (Å²) in [6, 6.07) is 0. The van der Waals surface area contributed by atoms with E-state index >= 15 is 0 Å². The molecule has 0 N–H and O–H groups in total. The Bertz CT molecular complexity index is 256. The quantitative estimate of drug-likeness (QED) is 0.603. The predicted molar refractivity (Wildman–Crippen MR) is 84.6 cm³/mol. The summed E-state index contributed by atoms with van der Waals surface area (Å²) in [6.07, 6.45) is 1.34.